The quantitative estimate of drug-likeness (QED) is 0.778. The van der Waals surface area contributed by atoms with Crippen LogP contribution in [0.25, 0.3) is 0 Å². The average molecular weight is 290 g/mol. The molecule has 2 nitrogen and oxygen atoms in total. The third kappa shape index (κ3) is 6.29. The molecule has 0 radical (unpaired) electrons. The molecular weight excluding hydrogens is 263 g/mol. The monoisotopic (exact) mass is 290 g/mol. The molecule has 0 aliphatic rings. The summed E-state index contributed by atoms with van der Waals surface area (Å²) in [6, 6.07) is 5.53. The highest BCUT2D eigenvalue weighted by atomic mass is 19.1. The van der Waals surface area contributed by atoms with Gasteiger partial charge in [-0.25, -0.2) is 4.39 Å². The second-order valence-corrected chi connectivity index (χ2v) is 5.44. The Morgan fingerprint density at radius 1 is 1.29 bits per heavy atom. The minimum atomic E-state index is -0.228. The normalized spacial score (nSPS) is 12.1. The molecule has 1 aromatic carbocycles. The van der Waals surface area contributed by atoms with Crippen molar-refractivity contribution >= 4 is 0 Å². The van der Waals surface area contributed by atoms with Crippen LogP contribution in [0.1, 0.15) is 51.2 Å². The zero-order valence-corrected chi connectivity index (χ0v) is 13.5. The van der Waals surface area contributed by atoms with Crippen LogP contribution in [0.4, 0.5) is 4.39 Å². The predicted molar refractivity (Wildman–Crippen MR) is 87.4 cm³/mol. The van der Waals surface area contributed by atoms with Crippen molar-refractivity contribution in [3.05, 3.63) is 35.1 Å². The standard InChI is InChI=1S/C18H27FN2/c1-4-6-10-21(15(3)5-2)14-17-11-16(8-7-9-20)12-18(19)13-17/h11-13,15H,4-6,9-10,14,20H2,1-3H3. The predicted octanol–water partition coefficient (Wildman–Crippen LogP) is 3.54. The van der Waals surface area contributed by atoms with Crippen LogP contribution >= 0.6 is 0 Å². The Morgan fingerprint density at radius 2 is 2.05 bits per heavy atom. The fourth-order valence-electron chi connectivity index (χ4n) is 2.28. The first kappa shape index (κ1) is 17.7. The van der Waals surface area contributed by atoms with Gasteiger partial charge in [0.05, 0.1) is 6.54 Å². The lowest BCUT2D eigenvalue weighted by Gasteiger charge is -2.28. The summed E-state index contributed by atoms with van der Waals surface area (Å²) < 4.78 is 13.7. The van der Waals surface area contributed by atoms with E-state index in [9.17, 15) is 4.39 Å². The molecule has 0 saturated heterocycles. The molecule has 0 fully saturated rings. The highest BCUT2D eigenvalue weighted by Gasteiger charge is 2.13. The van der Waals surface area contributed by atoms with Crippen molar-refractivity contribution in [3.8, 4) is 11.8 Å². The molecule has 2 N–H and O–H groups in total. The number of rotatable bonds is 7. The van der Waals surface area contributed by atoms with Crippen LogP contribution in [0.15, 0.2) is 18.2 Å². The van der Waals surface area contributed by atoms with Gasteiger partial charge in [0, 0.05) is 18.2 Å². The first-order valence-corrected chi connectivity index (χ1v) is 7.83. The number of hydrogen-bond donors (Lipinski definition) is 1. The molecule has 0 spiro atoms. The van der Waals surface area contributed by atoms with Gasteiger partial charge in [-0.15, -0.1) is 0 Å². The fourth-order valence-corrected chi connectivity index (χ4v) is 2.28. The largest absolute Gasteiger partial charge is 0.320 e. The van der Waals surface area contributed by atoms with Crippen LogP contribution in [0.3, 0.4) is 0 Å². The maximum absolute atomic E-state index is 13.7. The van der Waals surface area contributed by atoms with E-state index in [0.29, 0.717) is 18.2 Å². The van der Waals surface area contributed by atoms with E-state index in [1.54, 1.807) is 6.07 Å². The molecule has 21 heavy (non-hydrogen) atoms. The highest BCUT2D eigenvalue weighted by Crippen LogP contribution is 2.15. The van der Waals surface area contributed by atoms with E-state index in [2.05, 4.69) is 37.5 Å². The van der Waals surface area contributed by atoms with Gasteiger partial charge in [0.1, 0.15) is 5.82 Å². The van der Waals surface area contributed by atoms with E-state index < -0.39 is 0 Å². The van der Waals surface area contributed by atoms with E-state index in [0.717, 1.165) is 25.1 Å². The average Bonchev–Trinajstić information content (AvgIpc) is 2.48. The lowest BCUT2D eigenvalue weighted by molar-refractivity contribution is 0.192. The van der Waals surface area contributed by atoms with Crippen LogP contribution < -0.4 is 5.73 Å². The van der Waals surface area contributed by atoms with Crippen molar-refractivity contribution < 1.29 is 4.39 Å². The van der Waals surface area contributed by atoms with Crippen molar-refractivity contribution in [2.45, 2.75) is 52.6 Å². The maximum atomic E-state index is 13.7. The third-order valence-electron chi connectivity index (χ3n) is 3.69. The minimum Gasteiger partial charge on any atom is -0.320 e. The Balaban J connectivity index is 2.89. The van der Waals surface area contributed by atoms with Gasteiger partial charge in [-0.05, 0) is 50.1 Å². The number of hydrogen-bond acceptors (Lipinski definition) is 2. The SMILES string of the molecule is CCCCN(Cc1cc(F)cc(C#CCN)c1)C(C)CC. The van der Waals surface area contributed by atoms with Crippen molar-refractivity contribution in [3.63, 3.8) is 0 Å². The van der Waals surface area contributed by atoms with Gasteiger partial charge in [0.2, 0.25) is 0 Å². The van der Waals surface area contributed by atoms with Crippen molar-refractivity contribution in [1.82, 2.24) is 4.90 Å². The molecule has 1 aromatic rings. The Hall–Kier alpha value is -1.37. The molecule has 1 rings (SSSR count). The molecule has 0 aliphatic heterocycles. The minimum absolute atomic E-state index is 0.228. The summed E-state index contributed by atoms with van der Waals surface area (Å²) in [7, 11) is 0. The zero-order chi connectivity index (χ0) is 15.7. The molecule has 1 unspecified atom stereocenters. The Kier molecular flexibility index (Phi) is 8.04. The topological polar surface area (TPSA) is 29.3 Å². The van der Waals surface area contributed by atoms with E-state index in [-0.39, 0.29) is 5.82 Å². The molecule has 0 saturated carbocycles. The first-order chi connectivity index (χ1) is 10.1. The molecule has 0 bridgehead atoms. The molecule has 0 amide bonds. The second kappa shape index (κ2) is 9.55. The fraction of sp³-hybridized carbons (Fsp3) is 0.556. The number of halogens is 1. The van der Waals surface area contributed by atoms with Gasteiger partial charge in [0.25, 0.3) is 0 Å². The summed E-state index contributed by atoms with van der Waals surface area (Å²) in [6.07, 6.45) is 3.43. The van der Waals surface area contributed by atoms with Gasteiger partial charge in [-0.1, -0.05) is 32.1 Å². The van der Waals surface area contributed by atoms with Crippen molar-refractivity contribution in [2.24, 2.45) is 5.73 Å². The summed E-state index contributed by atoms with van der Waals surface area (Å²) in [5, 5.41) is 0. The summed E-state index contributed by atoms with van der Waals surface area (Å²) in [4.78, 5) is 2.42. The third-order valence-corrected chi connectivity index (χ3v) is 3.69. The molecule has 0 heterocycles. The molecule has 0 aromatic heterocycles. The zero-order valence-electron chi connectivity index (χ0n) is 13.5. The van der Waals surface area contributed by atoms with Crippen molar-refractivity contribution in [1.29, 1.82) is 0 Å². The molecule has 116 valence electrons. The molecule has 0 aliphatic carbocycles. The van der Waals surface area contributed by atoms with Gasteiger partial charge < -0.3 is 5.73 Å². The smallest absolute Gasteiger partial charge is 0.124 e. The highest BCUT2D eigenvalue weighted by molar-refractivity contribution is 5.38. The Morgan fingerprint density at radius 3 is 2.67 bits per heavy atom. The van der Waals surface area contributed by atoms with Crippen LogP contribution in [0.2, 0.25) is 0 Å². The first-order valence-electron chi connectivity index (χ1n) is 7.83. The lowest BCUT2D eigenvalue weighted by Crippen LogP contribution is -2.33. The number of benzene rings is 1. The van der Waals surface area contributed by atoms with E-state index in [1.807, 2.05) is 6.07 Å². The Labute approximate surface area is 128 Å². The second-order valence-electron chi connectivity index (χ2n) is 5.44. The van der Waals surface area contributed by atoms with Crippen LogP contribution in [-0.4, -0.2) is 24.0 Å². The van der Waals surface area contributed by atoms with Crippen LogP contribution in [-0.2, 0) is 6.54 Å². The van der Waals surface area contributed by atoms with Gasteiger partial charge in [0.15, 0.2) is 0 Å². The number of unbranched alkanes of at least 4 members (excludes halogenated alkanes) is 1. The Bertz CT molecular complexity index is 488. The number of nitrogens with zero attached hydrogens (tertiary/aromatic N) is 1. The molecule has 3 heteroatoms. The van der Waals surface area contributed by atoms with Gasteiger partial charge in [-0.3, -0.25) is 4.90 Å². The summed E-state index contributed by atoms with van der Waals surface area (Å²) >= 11 is 0. The van der Waals surface area contributed by atoms with Gasteiger partial charge >= 0.3 is 0 Å². The lowest BCUT2D eigenvalue weighted by atomic mass is 10.1. The van der Waals surface area contributed by atoms with Crippen LogP contribution in [0, 0.1) is 17.7 Å². The molecule has 1 atom stereocenters. The van der Waals surface area contributed by atoms with Crippen LogP contribution in [0.5, 0.6) is 0 Å². The van der Waals surface area contributed by atoms with E-state index in [4.69, 9.17) is 5.73 Å². The van der Waals surface area contributed by atoms with Gasteiger partial charge in [-0.2, -0.15) is 0 Å². The summed E-state index contributed by atoms with van der Waals surface area (Å²) in [5.41, 5.74) is 7.05. The summed E-state index contributed by atoms with van der Waals surface area (Å²) in [5.74, 6) is 5.46. The molecular formula is C18H27FN2. The van der Waals surface area contributed by atoms with Crippen molar-refractivity contribution in [2.75, 3.05) is 13.1 Å². The number of nitrogens with two attached hydrogens (primary N) is 1. The van der Waals surface area contributed by atoms with E-state index in [1.165, 1.54) is 18.9 Å². The maximum Gasteiger partial charge on any atom is 0.124 e. The van der Waals surface area contributed by atoms with E-state index >= 15 is 0 Å². The summed E-state index contributed by atoms with van der Waals surface area (Å²) in [6.45, 7) is 8.71.